The van der Waals surface area contributed by atoms with Crippen molar-refractivity contribution in [2.75, 3.05) is 18.4 Å². The zero-order chi connectivity index (χ0) is 13.7. The van der Waals surface area contributed by atoms with Crippen molar-refractivity contribution < 1.29 is 9.18 Å². The number of nitrogens with one attached hydrogen (secondary N) is 2. The van der Waals surface area contributed by atoms with Gasteiger partial charge in [0.25, 0.3) is 0 Å². The van der Waals surface area contributed by atoms with Crippen molar-refractivity contribution in [2.24, 2.45) is 5.92 Å². The maximum atomic E-state index is 13.3. The molecule has 0 saturated carbocycles. The lowest BCUT2D eigenvalue weighted by Gasteiger charge is -2.22. The van der Waals surface area contributed by atoms with Crippen molar-refractivity contribution in [3.63, 3.8) is 0 Å². The number of aryl methyl sites for hydroxylation is 1. The van der Waals surface area contributed by atoms with E-state index in [1.54, 1.807) is 19.1 Å². The molecule has 20 heavy (non-hydrogen) atoms. The number of hydrogen-bond acceptors (Lipinski definition) is 2. The second-order valence-electron chi connectivity index (χ2n) is 5.24. The van der Waals surface area contributed by atoms with Gasteiger partial charge in [-0.1, -0.05) is 6.07 Å². The highest BCUT2D eigenvalue weighted by Gasteiger charge is 2.14. The van der Waals surface area contributed by atoms with Crippen LogP contribution in [-0.4, -0.2) is 19.0 Å². The van der Waals surface area contributed by atoms with Gasteiger partial charge < -0.3 is 10.6 Å². The number of rotatable bonds is 4. The van der Waals surface area contributed by atoms with Crippen LogP contribution in [0, 0.1) is 18.7 Å². The molecule has 0 aliphatic carbocycles. The summed E-state index contributed by atoms with van der Waals surface area (Å²) in [6.07, 6.45) is 3.72. The molecule has 2 rings (SSSR count). The largest absolute Gasteiger partial charge is 0.326 e. The Morgan fingerprint density at radius 1 is 1.40 bits per heavy atom. The molecule has 3 nitrogen and oxygen atoms in total. The minimum Gasteiger partial charge on any atom is -0.326 e. The zero-order valence-electron chi connectivity index (χ0n) is 11.7. The van der Waals surface area contributed by atoms with Crippen LogP contribution in [0.5, 0.6) is 0 Å². The fraction of sp³-hybridized carbons (Fsp3) is 0.533. The van der Waals surface area contributed by atoms with E-state index in [-0.39, 0.29) is 24.1 Å². The van der Waals surface area contributed by atoms with Crippen LogP contribution in [-0.2, 0) is 4.79 Å². The predicted octanol–water partition coefficient (Wildman–Crippen LogP) is 3.27. The molecule has 0 spiro atoms. The quantitative estimate of drug-likeness (QED) is 0.896. The molecular weight excluding hydrogens is 279 g/mol. The normalized spacial score (nSPS) is 15.5. The van der Waals surface area contributed by atoms with Gasteiger partial charge >= 0.3 is 0 Å². The Morgan fingerprint density at radius 3 is 2.75 bits per heavy atom. The molecule has 1 saturated heterocycles. The number of piperidine rings is 1. The van der Waals surface area contributed by atoms with Gasteiger partial charge in [-0.3, -0.25) is 4.79 Å². The van der Waals surface area contributed by atoms with Crippen LogP contribution in [0.25, 0.3) is 0 Å². The second-order valence-corrected chi connectivity index (χ2v) is 5.24. The standard InChI is InChI=1S/C15H21FN2O.ClH/c1-11-2-4-13(10-14(11)16)18-15(19)5-3-12-6-8-17-9-7-12;/h2,4,10,12,17H,3,5-9H2,1H3,(H,18,19);1H. The summed E-state index contributed by atoms with van der Waals surface area (Å²) in [6.45, 7) is 3.81. The Labute approximate surface area is 125 Å². The third-order valence-electron chi connectivity index (χ3n) is 3.69. The number of benzene rings is 1. The third-order valence-corrected chi connectivity index (χ3v) is 3.69. The van der Waals surface area contributed by atoms with E-state index >= 15 is 0 Å². The van der Waals surface area contributed by atoms with Gasteiger partial charge in [0.2, 0.25) is 5.91 Å². The first-order valence-electron chi connectivity index (χ1n) is 6.92. The van der Waals surface area contributed by atoms with E-state index in [1.807, 2.05) is 0 Å². The minimum atomic E-state index is -0.281. The highest BCUT2D eigenvalue weighted by Crippen LogP contribution is 2.19. The average Bonchev–Trinajstić information content (AvgIpc) is 2.42. The van der Waals surface area contributed by atoms with Gasteiger partial charge in [-0.15, -0.1) is 12.4 Å². The molecule has 1 amide bonds. The first-order chi connectivity index (χ1) is 9.15. The van der Waals surface area contributed by atoms with Gasteiger partial charge in [0, 0.05) is 12.1 Å². The van der Waals surface area contributed by atoms with Gasteiger partial charge in [-0.05, 0) is 62.9 Å². The number of anilines is 1. The molecule has 5 heteroatoms. The molecule has 1 aromatic rings. The molecule has 1 aliphatic heterocycles. The second kappa shape index (κ2) is 8.22. The van der Waals surface area contributed by atoms with E-state index in [2.05, 4.69) is 10.6 Å². The fourth-order valence-electron chi connectivity index (χ4n) is 2.40. The Hall–Kier alpha value is -1.13. The maximum Gasteiger partial charge on any atom is 0.224 e. The first kappa shape index (κ1) is 16.9. The lowest BCUT2D eigenvalue weighted by Crippen LogP contribution is -2.28. The van der Waals surface area contributed by atoms with Crippen LogP contribution < -0.4 is 10.6 Å². The predicted molar refractivity (Wildman–Crippen MR) is 81.8 cm³/mol. The summed E-state index contributed by atoms with van der Waals surface area (Å²) < 4.78 is 13.3. The van der Waals surface area contributed by atoms with E-state index in [0.717, 1.165) is 32.4 Å². The van der Waals surface area contributed by atoms with Crippen LogP contribution in [0.2, 0.25) is 0 Å². The maximum absolute atomic E-state index is 13.3. The molecular formula is C15H22ClFN2O. The van der Waals surface area contributed by atoms with Gasteiger partial charge in [-0.2, -0.15) is 0 Å². The van der Waals surface area contributed by atoms with E-state index in [4.69, 9.17) is 0 Å². The van der Waals surface area contributed by atoms with Crippen molar-refractivity contribution >= 4 is 24.0 Å². The molecule has 1 aromatic carbocycles. The van der Waals surface area contributed by atoms with Gasteiger partial charge in [0.15, 0.2) is 0 Å². The molecule has 0 unspecified atom stereocenters. The summed E-state index contributed by atoms with van der Waals surface area (Å²) in [5.74, 6) is 0.333. The summed E-state index contributed by atoms with van der Waals surface area (Å²) in [4.78, 5) is 11.8. The molecule has 0 atom stereocenters. The fourth-order valence-corrected chi connectivity index (χ4v) is 2.40. The molecule has 0 radical (unpaired) electrons. The number of carbonyl (C=O) groups is 1. The van der Waals surface area contributed by atoms with Crippen LogP contribution in [0.15, 0.2) is 18.2 Å². The van der Waals surface area contributed by atoms with E-state index < -0.39 is 0 Å². The van der Waals surface area contributed by atoms with Crippen LogP contribution in [0.4, 0.5) is 10.1 Å². The number of carbonyl (C=O) groups excluding carboxylic acids is 1. The molecule has 2 N–H and O–H groups in total. The van der Waals surface area contributed by atoms with Crippen LogP contribution in [0.1, 0.15) is 31.2 Å². The summed E-state index contributed by atoms with van der Waals surface area (Å²) >= 11 is 0. The van der Waals surface area contributed by atoms with Gasteiger partial charge in [0.05, 0.1) is 0 Å². The number of halogens is 2. The summed E-state index contributed by atoms with van der Waals surface area (Å²) in [5.41, 5.74) is 1.13. The lowest BCUT2D eigenvalue weighted by molar-refractivity contribution is -0.116. The number of amides is 1. The Kier molecular flexibility index (Phi) is 6.96. The summed E-state index contributed by atoms with van der Waals surface area (Å²) in [5, 5.41) is 6.07. The van der Waals surface area contributed by atoms with Gasteiger partial charge in [0.1, 0.15) is 5.82 Å². The van der Waals surface area contributed by atoms with Crippen LogP contribution in [0.3, 0.4) is 0 Å². The van der Waals surface area contributed by atoms with Crippen molar-refractivity contribution in [1.29, 1.82) is 0 Å². The van der Waals surface area contributed by atoms with Crippen molar-refractivity contribution in [3.05, 3.63) is 29.6 Å². The van der Waals surface area contributed by atoms with Crippen molar-refractivity contribution in [2.45, 2.75) is 32.6 Å². The monoisotopic (exact) mass is 300 g/mol. The van der Waals surface area contributed by atoms with Gasteiger partial charge in [-0.25, -0.2) is 4.39 Å². The smallest absolute Gasteiger partial charge is 0.224 e. The van der Waals surface area contributed by atoms with E-state index in [9.17, 15) is 9.18 Å². The molecule has 112 valence electrons. The summed E-state index contributed by atoms with van der Waals surface area (Å²) in [7, 11) is 0. The third kappa shape index (κ3) is 5.10. The SMILES string of the molecule is Cc1ccc(NC(=O)CCC2CCNCC2)cc1F.Cl. The summed E-state index contributed by atoms with van der Waals surface area (Å²) in [6, 6.07) is 4.79. The first-order valence-corrected chi connectivity index (χ1v) is 6.92. The highest BCUT2D eigenvalue weighted by atomic mass is 35.5. The Balaban J connectivity index is 0.00000200. The van der Waals surface area contributed by atoms with E-state index in [0.29, 0.717) is 23.6 Å². The zero-order valence-corrected chi connectivity index (χ0v) is 12.6. The van der Waals surface area contributed by atoms with E-state index in [1.165, 1.54) is 6.07 Å². The topological polar surface area (TPSA) is 41.1 Å². The average molecular weight is 301 g/mol. The van der Waals surface area contributed by atoms with Crippen LogP contribution >= 0.6 is 12.4 Å². The Bertz CT molecular complexity index is 447. The molecule has 1 aliphatic rings. The lowest BCUT2D eigenvalue weighted by atomic mass is 9.93. The number of hydrogen-bond donors (Lipinski definition) is 2. The molecule has 0 aromatic heterocycles. The molecule has 1 heterocycles. The minimum absolute atomic E-state index is 0. The molecule has 0 bridgehead atoms. The highest BCUT2D eigenvalue weighted by molar-refractivity contribution is 5.90. The Morgan fingerprint density at radius 2 is 2.10 bits per heavy atom. The van der Waals surface area contributed by atoms with Crippen molar-refractivity contribution in [1.82, 2.24) is 5.32 Å². The van der Waals surface area contributed by atoms with Crippen molar-refractivity contribution in [3.8, 4) is 0 Å². The molecule has 1 fully saturated rings.